The van der Waals surface area contributed by atoms with E-state index in [1.54, 1.807) is 11.3 Å². The molecule has 0 unspecified atom stereocenters. The van der Waals surface area contributed by atoms with E-state index in [4.69, 9.17) is 0 Å². The maximum Gasteiger partial charge on any atom is 0.169 e. The number of aromatic nitrogens is 1. The molecular formula is C15H10INOS. The lowest BCUT2D eigenvalue weighted by molar-refractivity contribution is 0.0992. The van der Waals surface area contributed by atoms with Crippen molar-refractivity contribution in [2.75, 3.05) is 0 Å². The van der Waals surface area contributed by atoms with Crippen molar-refractivity contribution in [2.24, 2.45) is 0 Å². The van der Waals surface area contributed by atoms with E-state index in [2.05, 4.69) is 27.6 Å². The van der Waals surface area contributed by atoms with Crippen LogP contribution < -0.4 is 0 Å². The van der Waals surface area contributed by atoms with Gasteiger partial charge in [-0.25, -0.2) is 0 Å². The second kappa shape index (κ2) is 5.38. The number of halogens is 1. The van der Waals surface area contributed by atoms with E-state index in [1.165, 1.54) is 0 Å². The van der Waals surface area contributed by atoms with Gasteiger partial charge in [0.15, 0.2) is 5.78 Å². The summed E-state index contributed by atoms with van der Waals surface area (Å²) in [6, 6.07) is 13.8. The number of Topliss-reactive ketones (excluding diaryl/α,β-unsaturated/α-hetero) is 1. The predicted octanol–water partition coefficient (Wildman–Crippen LogP) is 4.33. The minimum atomic E-state index is 0.127. The molecule has 0 saturated carbocycles. The third-order valence-corrected chi connectivity index (χ3v) is 4.68. The molecule has 2 aromatic heterocycles. The topological polar surface area (TPSA) is 30.0 Å². The quantitative estimate of drug-likeness (QED) is 0.501. The molecule has 0 saturated heterocycles. The number of ketones is 1. The first-order valence-electron chi connectivity index (χ1n) is 5.84. The van der Waals surface area contributed by atoms with Crippen LogP contribution in [0.4, 0.5) is 0 Å². The maximum absolute atomic E-state index is 12.1. The first kappa shape index (κ1) is 12.7. The Morgan fingerprint density at radius 2 is 2.05 bits per heavy atom. The minimum absolute atomic E-state index is 0.127. The van der Waals surface area contributed by atoms with Crippen molar-refractivity contribution in [1.29, 1.82) is 0 Å². The SMILES string of the molecule is O=C(Cc1ccc2ccccc2n1)c1csc(I)c1. The molecule has 0 N–H and O–H groups in total. The fourth-order valence-electron chi connectivity index (χ4n) is 1.93. The molecule has 0 spiro atoms. The number of hydrogen-bond acceptors (Lipinski definition) is 3. The van der Waals surface area contributed by atoms with Crippen LogP contribution in [0.3, 0.4) is 0 Å². The van der Waals surface area contributed by atoms with E-state index >= 15 is 0 Å². The van der Waals surface area contributed by atoms with Gasteiger partial charge in [0.05, 0.1) is 14.8 Å². The van der Waals surface area contributed by atoms with Crippen LogP contribution in [0.5, 0.6) is 0 Å². The molecule has 0 bridgehead atoms. The summed E-state index contributed by atoms with van der Waals surface area (Å²) in [4.78, 5) is 16.7. The number of nitrogens with zero attached hydrogens (tertiary/aromatic N) is 1. The molecule has 1 aromatic carbocycles. The maximum atomic E-state index is 12.1. The van der Waals surface area contributed by atoms with Gasteiger partial charge in [0.25, 0.3) is 0 Å². The highest BCUT2D eigenvalue weighted by atomic mass is 127. The van der Waals surface area contributed by atoms with Crippen molar-refractivity contribution in [3.63, 3.8) is 0 Å². The molecule has 4 heteroatoms. The van der Waals surface area contributed by atoms with Gasteiger partial charge in [0.2, 0.25) is 0 Å². The molecule has 19 heavy (non-hydrogen) atoms. The zero-order chi connectivity index (χ0) is 13.2. The van der Waals surface area contributed by atoms with Crippen LogP contribution in [0, 0.1) is 2.88 Å². The molecule has 0 aliphatic heterocycles. The van der Waals surface area contributed by atoms with Gasteiger partial charge in [-0.3, -0.25) is 9.78 Å². The summed E-state index contributed by atoms with van der Waals surface area (Å²) < 4.78 is 1.13. The normalized spacial score (nSPS) is 10.8. The van der Waals surface area contributed by atoms with E-state index in [0.717, 1.165) is 25.0 Å². The van der Waals surface area contributed by atoms with Gasteiger partial charge >= 0.3 is 0 Å². The number of para-hydroxylation sites is 1. The summed E-state index contributed by atoms with van der Waals surface area (Å²) in [5.74, 6) is 0.127. The van der Waals surface area contributed by atoms with E-state index in [9.17, 15) is 4.79 Å². The van der Waals surface area contributed by atoms with Crippen molar-refractivity contribution in [3.05, 3.63) is 62.0 Å². The van der Waals surface area contributed by atoms with E-state index in [0.29, 0.717) is 6.42 Å². The average molecular weight is 379 g/mol. The van der Waals surface area contributed by atoms with Gasteiger partial charge in [-0.1, -0.05) is 24.3 Å². The van der Waals surface area contributed by atoms with Crippen molar-refractivity contribution in [3.8, 4) is 0 Å². The number of hydrogen-bond donors (Lipinski definition) is 0. The minimum Gasteiger partial charge on any atom is -0.294 e. The van der Waals surface area contributed by atoms with Crippen LogP contribution in [-0.2, 0) is 6.42 Å². The standard InChI is InChI=1S/C15H10INOS/c16-15-7-11(9-19-15)14(18)8-12-6-5-10-3-1-2-4-13(10)17-12/h1-7,9H,8H2. The Balaban J connectivity index is 1.87. The van der Waals surface area contributed by atoms with Crippen molar-refractivity contribution in [1.82, 2.24) is 4.98 Å². The molecule has 0 fully saturated rings. The molecule has 3 aromatic rings. The fraction of sp³-hybridized carbons (Fsp3) is 0.0667. The van der Waals surface area contributed by atoms with Gasteiger partial charge in [-0.15, -0.1) is 11.3 Å². The van der Waals surface area contributed by atoms with Crippen molar-refractivity contribution < 1.29 is 4.79 Å². The smallest absolute Gasteiger partial charge is 0.169 e. The number of benzene rings is 1. The lowest BCUT2D eigenvalue weighted by Crippen LogP contribution is -2.03. The zero-order valence-electron chi connectivity index (χ0n) is 9.97. The van der Waals surface area contributed by atoms with Gasteiger partial charge < -0.3 is 0 Å². The molecule has 0 aliphatic carbocycles. The highest BCUT2D eigenvalue weighted by molar-refractivity contribution is 14.1. The fourth-order valence-corrected chi connectivity index (χ4v) is 3.28. The van der Waals surface area contributed by atoms with Crippen molar-refractivity contribution >= 4 is 50.6 Å². The first-order valence-corrected chi connectivity index (χ1v) is 7.80. The Kier molecular flexibility index (Phi) is 3.61. The predicted molar refractivity (Wildman–Crippen MR) is 86.8 cm³/mol. The molecule has 3 rings (SSSR count). The summed E-state index contributed by atoms with van der Waals surface area (Å²) in [5.41, 5.74) is 2.54. The number of carbonyl (C=O) groups is 1. The Morgan fingerprint density at radius 1 is 1.21 bits per heavy atom. The van der Waals surface area contributed by atoms with Crippen LogP contribution in [-0.4, -0.2) is 10.8 Å². The van der Waals surface area contributed by atoms with Crippen molar-refractivity contribution in [2.45, 2.75) is 6.42 Å². The van der Waals surface area contributed by atoms with Crippen LogP contribution in [0.2, 0.25) is 0 Å². The second-order valence-corrected chi connectivity index (χ2v) is 7.04. The number of thiophene rings is 1. The Bertz CT molecular complexity index is 750. The largest absolute Gasteiger partial charge is 0.294 e. The number of fused-ring (bicyclic) bond motifs is 1. The van der Waals surface area contributed by atoms with Crippen LogP contribution >= 0.6 is 33.9 Å². The molecule has 0 amide bonds. The Hall–Kier alpha value is -1.27. The summed E-state index contributed by atoms with van der Waals surface area (Å²) >= 11 is 3.82. The second-order valence-electron chi connectivity index (χ2n) is 4.23. The molecule has 0 radical (unpaired) electrons. The summed E-state index contributed by atoms with van der Waals surface area (Å²) in [6.45, 7) is 0. The van der Waals surface area contributed by atoms with Crippen LogP contribution in [0.25, 0.3) is 10.9 Å². The number of carbonyl (C=O) groups excluding carboxylic acids is 1. The van der Waals surface area contributed by atoms with Crippen LogP contribution in [0.15, 0.2) is 47.8 Å². The third-order valence-electron chi connectivity index (χ3n) is 2.89. The van der Waals surface area contributed by atoms with Crippen LogP contribution in [0.1, 0.15) is 16.1 Å². The average Bonchev–Trinajstić information content (AvgIpc) is 2.85. The summed E-state index contributed by atoms with van der Waals surface area (Å²) in [5, 5.41) is 3.01. The summed E-state index contributed by atoms with van der Waals surface area (Å²) in [7, 11) is 0. The highest BCUT2D eigenvalue weighted by Gasteiger charge is 2.10. The monoisotopic (exact) mass is 379 g/mol. The molecule has 0 atom stereocenters. The first-order chi connectivity index (χ1) is 9.22. The summed E-state index contributed by atoms with van der Waals surface area (Å²) in [6.07, 6.45) is 0.359. The third kappa shape index (κ3) is 2.84. The van der Waals surface area contributed by atoms with E-state index in [-0.39, 0.29) is 5.78 Å². The Labute approximate surface area is 128 Å². The van der Waals surface area contributed by atoms with E-state index in [1.807, 2.05) is 47.8 Å². The Morgan fingerprint density at radius 3 is 2.84 bits per heavy atom. The van der Waals surface area contributed by atoms with Gasteiger partial charge in [-0.2, -0.15) is 0 Å². The molecule has 0 aliphatic rings. The highest BCUT2D eigenvalue weighted by Crippen LogP contribution is 2.19. The van der Waals surface area contributed by atoms with Gasteiger partial charge in [-0.05, 0) is 40.8 Å². The molecule has 2 heterocycles. The van der Waals surface area contributed by atoms with E-state index < -0.39 is 0 Å². The lowest BCUT2D eigenvalue weighted by atomic mass is 10.1. The number of pyridine rings is 1. The van der Waals surface area contributed by atoms with Gasteiger partial charge in [0, 0.05) is 22.0 Å². The molecule has 94 valence electrons. The molecule has 2 nitrogen and oxygen atoms in total. The zero-order valence-corrected chi connectivity index (χ0v) is 12.9. The lowest BCUT2D eigenvalue weighted by Gasteiger charge is -2.01. The number of rotatable bonds is 3. The molecular weight excluding hydrogens is 369 g/mol. The van der Waals surface area contributed by atoms with Gasteiger partial charge in [0.1, 0.15) is 0 Å².